The van der Waals surface area contributed by atoms with E-state index in [9.17, 15) is 0 Å². The van der Waals surface area contributed by atoms with Crippen molar-refractivity contribution in [3.8, 4) is 0 Å². The Morgan fingerprint density at radius 1 is 0.862 bits per heavy atom. The zero-order chi connectivity index (χ0) is 21.1. The molecule has 0 aromatic rings. The monoisotopic (exact) mass is 398 g/mol. The summed E-state index contributed by atoms with van der Waals surface area (Å²) in [5, 5.41) is 0. The van der Waals surface area contributed by atoms with Crippen LogP contribution in [0.4, 0.5) is 0 Å². The van der Waals surface area contributed by atoms with E-state index in [4.69, 9.17) is 0 Å². The van der Waals surface area contributed by atoms with E-state index >= 15 is 0 Å². The van der Waals surface area contributed by atoms with Gasteiger partial charge in [0.15, 0.2) is 0 Å². The molecule has 0 bridgehead atoms. The summed E-state index contributed by atoms with van der Waals surface area (Å²) in [6.07, 6.45) is 20.4. The molecule has 6 atom stereocenters. The van der Waals surface area contributed by atoms with Crippen molar-refractivity contribution in [3.63, 3.8) is 0 Å². The lowest BCUT2D eigenvalue weighted by atomic mass is 9.44. The Morgan fingerprint density at radius 3 is 2.31 bits per heavy atom. The molecule has 0 spiro atoms. The predicted molar refractivity (Wildman–Crippen MR) is 127 cm³/mol. The summed E-state index contributed by atoms with van der Waals surface area (Å²) in [4.78, 5) is 0. The normalized spacial score (nSPS) is 43.9. The fourth-order valence-electron chi connectivity index (χ4n) is 8.84. The van der Waals surface area contributed by atoms with Gasteiger partial charge >= 0.3 is 0 Å². The molecule has 0 aromatic heterocycles. The van der Waals surface area contributed by atoms with Crippen LogP contribution in [0.3, 0.4) is 0 Å². The molecule has 0 radical (unpaired) electrons. The van der Waals surface area contributed by atoms with Crippen LogP contribution in [-0.2, 0) is 0 Å². The van der Waals surface area contributed by atoms with Gasteiger partial charge < -0.3 is 0 Å². The van der Waals surface area contributed by atoms with Crippen molar-refractivity contribution in [2.45, 2.75) is 126 Å². The molecular weight excluding hydrogens is 348 g/mol. The Labute approximate surface area is 182 Å². The van der Waals surface area contributed by atoms with Gasteiger partial charge in [-0.25, -0.2) is 0 Å². The third-order valence-electron chi connectivity index (χ3n) is 10.7. The van der Waals surface area contributed by atoms with Gasteiger partial charge in [0.05, 0.1) is 0 Å². The first-order valence-corrected chi connectivity index (χ1v) is 13.2. The number of rotatable bonds is 4. The molecule has 0 aromatic carbocycles. The number of unbranched alkanes of at least 4 members (excludes halogenated alkanes) is 1. The van der Waals surface area contributed by atoms with Crippen LogP contribution in [0.25, 0.3) is 0 Å². The standard InChI is InChI=1S/C29H50/c1-26(2,3)17-9-8-11-21-13-14-24-25-16-15-22-23(12-10-18-27(22,4)5)29(25,7)20-19-28(21,24)6/h15,21,23-25H,8-14,16-20H2,1-7H3. The molecule has 3 saturated carbocycles. The second-order valence-corrected chi connectivity index (χ2v) is 14.0. The van der Waals surface area contributed by atoms with E-state index in [2.05, 4.69) is 54.5 Å². The van der Waals surface area contributed by atoms with Gasteiger partial charge in [0.1, 0.15) is 0 Å². The van der Waals surface area contributed by atoms with Gasteiger partial charge in [-0.2, -0.15) is 0 Å². The minimum Gasteiger partial charge on any atom is -0.0842 e. The van der Waals surface area contributed by atoms with E-state index in [1.54, 1.807) is 0 Å². The van der Waals surface area contributed by atoms with Gasteiger partial charge in [0, 0.05) is 0 Å². The Morgan fingerprint density at radius 2 is 1.59 bits per heavy atom. The number of hydrogen-bond acceptors (Lipinski definition) is 0. The molecule has 3 fully saturated rings. The van der Waals surface area contributed by atoms with Crippen LogP contribution in [-0.4, -0.2) is 0 Å². The van der Waals surface area contributed by atoms with Crippen LogP contribution < -0.4 is 0 Å². The zero-order valence-corrected chi connectivity index (χ0v) is 20.9. The summed E-state index contributed by atoms with van der Waals surface area (Å²) < 4.78 is 0. The molecule has 4 aliphatic rings. The van der Waals surface area contributed by atoms with Gasteiger partial charge in [-0.1, -0.05) is 79.4 Å². The highest BCUT2D eigenvalue weighted by molar-refractivity contribution is 5.27. The van der Waals surface area contributed by atoms with Crippen LogP contribution in [0.5, 0.6) is 0 Å². The Balaban J connectivity index is 1.48. The van der Waals surface area contributed by atoms with Crippen LogP contribution >= 0.6 is 0 Å². The van der Waals surface area contributed by atoms with Crippen molar-refractivity contribution in [3.05, 3.63) is 11.6 Å². The summed E-state index contributed by atoms with van der Waals surface area (Å²) in [5.41, 5.74) is 4.06. The lowest BCUT2D eigenvalue weighted by Gasteiger charge is -2.61. The van der Waals surface area contributed by atoms with Gasteiger partial charge in [-0.3, -0.25) is 0 Å². The van der Waals surface area contributed by atoms with Crippen LogP contribution in [0.1, 0.15) is 126 Å². The summed E-state index contributed by atoms with van der Waals surface area (Å²) in [6.45, 7) is 17.7. The minimum absolute atomic E-state index is 0.461. The fourth-order valence-corrected chi connectivity index (χ4v) is 8.84. The van der Waals surface area contributed by atoms with Crippen molar-refractivity contribution in [2.75, 3.05) is 0 Å². The van der Waals surface area contributed by atoms with E-state index < -0.39 is 0 Å². The lowest BCUT2D eigenvalue weighted by molar-refractivity contribution is -0.0790. The van der Waals surface area contributed by atoms with Crippen LogP contribution in [0.2, 0.25) is 0 Å². The smallest absolute Gasteiger partial charge is 0.0141 e. The molecule has 0 saturated heterocycles. The third-order valence-corrected chi connectivity index (χ3v) is 10.7. The van der Waals surface area contributed by atoms with Crippen molar-refractivity contribution >= 4 is 0 Å². The van der Waals surface area contributed by atoms with Crippen LogP contribution in [0, 0.1) is 45.3 Å². The summed E-state index contributed by atoms with van der Waals surface area (Å²) >= 11 is 0. The zero-order valence-electron chi connectivity index (χ0n) is 20.9. The Bertz CT molecular complexity index is 631. The minimum atomic E-state index is 0.461. The van der Waals surface area contributed by atoms with Crippen molar-refractivity contribution < 1.29 is 0 Å². The molecule has 0 heterocycles. The van der Waals surface area contributed by atoms with Crippen molar-refractivity contribution in [2.24, 2.45) is 45.3 Å². The average molecular weight is 399 g/mol. The quantitative estimate of drug-likeness (QED) is 0.327. The van der Waals surface area contributed by atoms with Gasteiger partial charge in [0.2, 0.25) is 0 Å². The maximum atomic E-state index is 2.76. The predicted octanol–water partition coefficient (Wildman–Crippen LogP) is 9.20. The fraction of sp³-hybridized carbons (Fsp3) is 0.931. The molecule has 0 nitrogen and oxygen atoms in total. The van der Waals surface area contributed by atoms with E-state index in [-0.39, 0.29) is 0 Å². The van der Waals surface area contributed by atoms with E-state index in [1.165, 1.54) is 77.0 Å². The number of hydrogen-bond donors (Lipinski definition) is 0. The number of allylic oxidation sites excluding steroid dienone is 2. The molecule has 4 rings (SSSR count). The highest BCUT2D eigenvalue weighted by Gasteiger charge is 2.60. The topological polar surface area (TPSA) is 0 Å². The average Bonchev–Trinajstić information content (AvgIpc) is 2.95. The molecular formula is C29H50. The molecule has 166 valence electrons. The van der Waals surface area contributed by atoms with Crippen molar-refractivity contribution in [1.29, 1.82) is 0 Å². The Hall–Kier alpha value is -0.260. The first-order chi connectivity index (χ1) is 13.5. The second-order valence-electron chi connectivity index (χ2n) is 14.0. The largest absolute Gasteiger partial charge is 0.0842 e. The molecule has 29 heavy (non-hydrogen) atoms. The first kappa shape index (κ1) is 22.0. The maximum Gasteiger partial charge on any atom is -0.0141 e. The van der Waals surface area contributed by atoms with Gasteiger partial charge in [-0.05, 0) is 103 Å². The van der Waals surface area contributed by atoms with Crippen molar-refractivity contribution in [1.82, 2.24) is 0 Å². The third kappa shape index (κ3) is 3.78. The lowest BCUT2D eigenvalue weighted by Crippen LogP contribution is -2.53. The van der Waals surface area contributed by atoms with E-state index in [0.717, 1.165) is 23.7 Å². The van der Waals surface area contributed by atoms with Crippen LogP contribution in [0.15, 0.2) is 11.6 Å². The molecule has 0 aliphatic heterocycles. The summed E-state index contributed by atoms with van der Waals surface area (Å²) in [7, 11) is 0. The molecule has 4 aliphatic carbocycles. The maximum absolute atomic E-state index is 2.76. The highest BCUT2D eigenvalue weighted by Crippen LogP contribution is 2.69. The molecule has 0 N–H and O–H groups in total. The van der Waals surface area contributed by atoms with E-state index in [0.29, 0.717) is 21.7 Å². The second kappa shape index (κ2) is 7.41. The first-order valence-electron chi connectivity index (χ1n) is 13.2. The molecule has 0 heteroatoms. The number of fused-ring (bicyclic) bond motifs is 5. The van der Waals surface area contributed by atoms with E-state index in [1.807, 2.05) is 5.57 Å². The summed E-state index contributed by atoms with van der Waals surface area (Å²) in [5.74, 6) is 3.85. The molecule has 6 unspecified atom stereocenters. The summed E-state index contributed by atoms with van der Waals surface area (Å²) in [6, 6.07) is 0. The SMILES string of the molecule is CC(C)(C)CCCCC1CCC2C3CC=C4C(CCCC4(C)C)C3(C)CCC12C. The molecule has 0 amide bonds. The highest BCUT2D eigenvalue weighted by atomic mass is 14.6. The Kier molecular flexibility index (Phi) is 5.61. The van der Waals surface area contributed by atoms with Gasteiger partial charge in [0.25, 0.3) is 0 Å². The van der Waals surface area contributed by atoms with Gasteiger partial charge in [-0.15, -0.1) is 0 Å².